The molecule has 0 radical (unpaired) electrons. The molecule has 7 heteroatoms. The summed E-state index contributed by atoms with van der Waals surface area (Å²) in [6, 6.07) is 16.4. The zero-order valence-corrected chi connectivity index (χ0v) is 24.7. The first-order valence-electron chi connectivity index (χ1n) is 14.9. The van der Waals surface area contributed by atoms with E-state index >= 15 is 0 Å². The van der Waals surface area contributed by atoms with E-state index in [2.05, 4.69) is 4.90 Å². The number of aromatic nitrogens is 1. The fraction of sp³-hybridized carbons (Fsp3) is 0.471. The Morgan fingerprint density at radius 2 is 1.73 bits per heavy atom. The topological polar surface area (TPSA) is 60.9 Å². The molecule has 3 aromatic rings. The van der Waals surface area contributed by atoms with Crippen molar-refractivity contribution < 1.29 is 23.4 Å². The van der Waals surface area contributed by atoms with Crippen molar-refractivity contribution in [1.29, 1.82) is 0 Å². The fourth-order valence-electron chi connectivity index (χ4n) is 4.94. The van der Waals surface area contributed by atoms with Crippen LogP contribution in [-0.2, 0) is 17.6 Å². The van der Waals surface area contributed by atoms with Gasteiger partial charge < -0.3 is 14.2 Å². The number of benzene rings is 2. The lowest BCUT2D eigenvalue weighted by molar-refractivity contribution is -0.118. The Labute approximate surface area is 243 Å². The third kappa shape index (κ3) is 9.85. The molecule has 1 aliphatic rings. The van der Waals surface area contributed by atoms with Gasteiger partial charge in [0.05, 0.1) is 18.9 Å². The Balaban J connectivity index is 1.42. The number of ketones is 1. The minimum Gasteiger partial charge on any atom is -0.494 e. The van der Waals surface area contributed by atoms with Gasteiger partial charge in [-0.05, 0) is 92.7 Å². The summed E-state index contributed by atoms with van der Waals surface area (Å²) in [5, 5.41) is 0. The van der Waals surface area contributed by atoms with Gasteiger partial charge in [-0.2, -0.15) is 0 Å². The monoisotopic (exact) mass is 562 g/mol. The van der Waals surface area contributed by atoms with E-state index in [-0.39, 0.29) is 18.0 Å². The van der Waals surface area contributed by atoms with Crippen LogP contribution in [0.2, 0.25) is 0 Å². The van der Waals surface area contributed by atoms with Crippen LogP contribution in [0.3, 0.4) is 0 Å². The number of hydrogen-bond acceptors (Lipinski definition) is 6. The van der Waals surface area contributed by atoms with Gasteiger partial charge in [-0.3, -0.25) is 9.69 Å². The van der Waals surface area contributed by atoms with Crippen LogP contribution in [0.1, 0.15) is 57.7 Å². The number of pyridine rings is 1. The Morgan fingerprint density at radius 1 is 0.951 bits per heavy atom. The van der Waals surface area contributed by atoms with Crippen LogP contribution in [0.15, 0.2) is 54.6 Å². The van der Waals surface area contributed by atoms with Crippen molar-refractivity contribution in [3.8, 4) is 28.5 Å². The standard InChI is InChI=1S/C34H43FN2O4/c1-4-39-31-13-9-27(10-14-31)33-15-11-29(36-34(33)40-19-18-37-16-6-5-7-17-37)23-30(38)12-8-26-20-28(35)22-32(21-26)41-24-25(2)3/h9-11,13-15,20-22,25H,4-8,12,16-19,23-24H2,1-3H3. The molecular formula is C34H43FN2O4. The molecule has 0 saturated carbocycles. The summed E-state index contributed by atoms with van der Waals surface area (Å²) in [6.07, 6.45) is 4.68. The smallest absolute Gasteiger partial charge is 0.221 e. The summed E-state index contributed by atoms with van der Waals surface area (Å²) >= 11 is 0. The summed E-state index contributed by atoms with van der Waals surface area (Å²) in [7, 11) is 0. The number of ether oxygens (including phenoxy) is 3. The number of carbonyl (C=O) groups is 1. The predicted octanol–water partition coefficient (Wildman–Crippen LogP) is 6.93. The molecule has 2 heterocycles. The maximum Gasteiger partial charge on any atom is 0.221 e. The van der Waals surface area contributed by atoms with Gasteiger partial charge in [0.2, 0.25) is 5.88 Å². The zero-order valence-electron chi connectivity index (χ0n) is 24.7. The van der Waals surface area contributed by atoms with E-state index in [0.717, 1.165) is 42.1 Å². The third-order valence-electron chi connectivity index (χ3n) is 7.07. The second kappa shape index (κ2) is 15.5. The average molecular weight is 563 g/mol. The van der Waals surface area contributed by atoms with Crippen molar-refractivity contribution in [1.82, 2.24) is 9.88 Å². The third-order valence-corrected chi connectivity index (χ3v) is 7.07. The van der Waals surface area contributed by atoms with Crippen LogP contribution in [0.5, 0.6) is 17.4 Å². The summed E-state index contributed by atoms with van der Waals surface area (Å²) in [6.45, 7) is 10.8. The van der Waals surface area contributed by atoms with Gasteiger partial charge >= 0.3 is 0 Å². The summed E-state index contributed by atoms with van der Waals surface area (Å²) in [5.41, 5.74) is 3.28. The van der Waals surface area contributed by atoms with Gasteiger partial charge in [0.25, 0.3) is 0 Å². The molecule has 0 unspecified atom stereocenters. The molecule has 0 amide bonds. The Morgan fingerprint density at radius 3 is 2.46 bits per heavy atom. The molecule has 41 heavy (non-hydrogen) atoms. The second-order valence-electron chi connectivity index (χ2n) is 11.1. The van der Waals surface area contributed by atoms with Gasteiger partial charge in [-0.1, -0.05) is 32.4 Å². The highest BCUT2D eigenvalue weighted by Gasteiger charge is 2.15. The maximum atomic E-state index is 14.1. The first kappa shape index (κ1) is 30.5. The van der Waals surface area contributed by atoms with Crippen LogP contribution >= 0.6 is 0 Å². The van der Waals surface area contributed by atoms with Gasteiger partial charge in [0, 0.05) is 31.0 Å². The van der Waals surface area contributed by atoms with Crippen molar-refractivity contribution in [2.45, 2.75) is 59.3 Å². The highest BCUT2D eigenvalue weighted by molar-refractivity contribution is 5.81. The molecule has 1 aromatic heterocycles. The number of carbonyl (C=O) groups excluding carboxylic acids is 1. The number of aryl methyl sites for hydroxylation is 1. The predicted molar refractivity (Wildman–Crippen MR) is 160 cm³/mol. The van der Waals surface area contributed by atoms with E-state index in [1.54, 1.807) is 0 Å². The highest BCUT2D eigenvalue weighted by atomic mass is 19.1. The molecule has 1 saturated heterocycles. The Kier molecular flexibility index (Phi) is 11.6. The van der Waals surface area contributed by atoms with Crippen molar-refractivity contribution in [2.75, 3.05) is 39.5 Å². The lowest BCUT2D eigenvalue weighted by Crippen LogP contribution is -2.33. The number of hydrogen-bond donors (Lipinski definition) is 0. The van der Waals surface area contributed by atoms with E-state index in [4.69, 9.17) is 19.2 Å². The Hall–Kier alpha value is -3.45. The molecule has 2 aromatic carbocycles. The number of halogens is 1. The first-order chi connectivity index (χ1) is 19.9. The molecule has 0 N–H and O–H groups in total. The first-order valence-corrected chi connectivity index (χ1v) is 14.9. The van der Waals surface area contributed by atoms with Gasteiger partial charge in [-0.15, -0.1) is 0 Å². The normalized spacial score (nSPS) is 13.8. The lowest BCUT2D eigenvalue weighted by atomic mass is 10.0. The lowest BCUT2D eigenvalue weighted by Gasteiger charge is -2.26. The van der Waals surface area contributed by atoms with Gasteiger partial charge in [0.1, 0.15) is 29.7 Å². The minimum atomic E-state index is -0.355. The molecule has 6 nitrogen and oxygen atoms in total. The number of piperidine rings is 1. The van der Waals surface area contributed by atoms with Gasteiger partial charge in [0.15, 0.2) is 0 Å². The van der Waals surface area contributed by atoms with Crippen molar-refractivity contribution >= 4 is 5.78 Å². The molecule has 0 bridgehead atoms. The van der Waals surface area contributed by atoms with E-state index < -0.39 is 0 Å². The van der Waals surface area contributed by atoms with Crippen LogP contribution < -0.4 is 14.2 Å². The molecule has 1 fully saturated rings. The van der Waals surface area contributed by atoms with Crippen molar-refractivity contribution in [3.63, 3.8) is 0 Å². The zero-order chi connectivity index (χ0) is 29.0. The highest BCUT2D eigenvalue weighted by Crippen LogP contribution is 2.30. The fourth-order valence-corrected chi connectivity index (χ4v) is 4.94. The quantitative estimate of drug-likeness (QED) is 0.200. The van der Waals surface area contributed by atoms with Crippen LogP contribution in [0.4, 0.5) is 4.39 Å². The molecule has 0 spiro atoms. The molecule has 220 valence electrons. The average Bonchev–Trinajstić information content (AvgIpc) is 2.96. The second-order valence-corrected chi connectivity index (χ2v) is 11.1. The van der Waals surface area contributed by atoms with Crippen molar-refractivity contribution in [2.24, 2.45) is 5.92 Å². The van der Waals surface area contributed by atoms with Crippen LogP contribution in [-0.4, -0.2) is 55.1 Å². The van der Waals surface area contributed by atoms with Crippen LogP contribution in [0.25, 0.3) is 11.1 Å². The Bertz CT molecular complexity index is 1260. The summed E-state index contributed by atoms with van der Waals surface area (Å²) < 4.78 is 31.6. The largest absolute Gasteiger partial charge is 0.494 e. The van der Waals surface area contributed by atoms with Gasteiger partial charge in [-0.25, -0.2) is 9.37 Å². The van der Waals surface area contributed by atoms with E-state index in [1.807, 2.05) is 63.2 Å². The number of nitrogens with zero attached hydrogens (tertiary/aromatic N) is 2. The molecule has 0 atom stereocenters. The van der Waals surface area contributed by atoms with Crippen molar-refractivity contribution in [3.05, 3.63) is 71.7 Å². The molecule has 4 rings (SSSR count). The van der Waals surface area contributed by atoms with E-state index in [0.29, 0.717) is 55.9 Å². The SMILES string of the molecule is CCOc1ccc(-c2ccc(CC(=O)CCc3cc(F)cc(OCC(C)C)c3)nc2OCCN2CCCCC2)cc1. The summed E-state index contributed by atoms with van der Waals surface area (Å²) in [4.78, 5) is 20.1. The minimum absolute atomic E-state index is 0.0412. The van der Waals surface area contributed by atoms with E-state index in [9.17, 15) is 9.18 Å². The molecule has 0 aliphatic carbocycles. The number of rotatable bonds is 15. The number of Topliss-reactive ketones (excluding diaryl/α,β-unsaturated/α-hetero) is 1. The molecular weight excluding hydrogens is 519 g/mol. The number of likely N-dealkylation sites (tertiary alicyclic amines) is 1. The summed E-state index contributed by atoms with van der Waals surface area (Å²) in [5.74, 6) is 1.88. The van der Waals surface area contributed by atoms with E-state index in [1.165, 1.54) is 31.4 Å². The molecule has 1 aliphatic heterocycles. The maximum absolute atomic E-state index is 14.1. The van der Waals surface area contributed by atoms with Crippen LogP contribution in [0, 0.1) is 11.7 Å².